The van der Waals surface area contributed by atoms with E-state index in [-0.39, 0.29) is 18.9 Å². The molecule has 1 heteroatoms. The van der Waals surface area contributed by atoms with Crippen molar-refractivity contribution in [2.45, 2.75) is 13.3 Å². The van der Waals surface area contributed by atoms with E-state index in [1.807, 2.05) is 0 Å². The van der Waals surface area contributed by atoms with E-state index < -0.39 is 0 Å². The molecule has 0 unspecified atom stereocenters. The Morgan fingerprint density at radius 2 is 1.92 bits per heavy atom. The van der Waals surface area contributed by atoms with Crippen LogP contribution >= 0.6 is 0 Å². The standard InChI is InChI=1S/C11H11.Li/c1-2-9-7-8-10-5-3-4-6-11(9)10;/h3-8H,2H2,1H3;/q-1;+1. The topological polar surface area (TPSA) is 0 Å². The molecular formula is C11H11Li. The maximum absolute atomic E-state index is 2.21. The smallest absolute Gasteiger partial charge is 0.168 e. The molecule has 12 heavy (non-hydrogen) atoms. The van der Waals surface area contributed by atoms with Crippen molar-refractivity contribution < 1.29 is 18.9 Å². The van der Waals surface area contributed by atoms with Crippen LogP contribution in [0, 0.1) is 0 Å². The van der Waals surface area contributed by atoms with Gasteiger partial charge < -0.3 is 0 Å². The first-order valence-electron chi connectivity index (χ1n) is 4.05. The van der Waals surface area contributed by atoms with Crippen LogP contribution in [0.1, 0.15) is 12.5 Å². The van der Waals surface area contributed by atoms with Crippen LogP contribution < -0.4 is 18.9 Å². The summed E-state index contributed by atoms with van der Waals surface area (Å²) in [4.78, 5) is 0. The van der Waals surface area contributed by atoms with Crippen LogP contribution in [0.25, 0.3) is 10.8 Å². The third kappa shape index (κ3) is 1.46. The van der Waals surface area contributed by atoms with Crippen molar-refractivity contribution in [1.82, 2.24) is 0 Å². The van der Waals surface area contributed by atoms with Gasteiger partial charge in [-0.05, 0) is 0 Å². The van der Waals surface area contributed by atoms with Crippen molar-refractivity contribution in [3.8, 4) is 0 Å². The van der Waals surface area contributed by atoms with E-state index in [4.69, 9.17) is 0 Å². The van der Waals surface area contributed by atoms with Gasteiger partial charge in [0.25, 0.3) is 0 Å². The molecule has 0 bridgehead atoms. The van der Waals surface area contributed by atoms with Gasteiger partial charge in [0.15, 0.2) is 0 Å². The first kappa shape index (κ1) is 9.51. The number of fused-ring (bicyclic) bond motifs is 1. The predicted molar refractivity (Wildman–Crippen MR) is 48.9 cm³/mol. The summed E-state index contributed by atoms with van der Waals surface area (Å²) in [6.45, 7) is 2.20. The minimum atomic E-state index is 0. The summed E-state index contributed by atoms with van der Waals surface area (Å²) in [6, 6.07) is 12.9. The quantitative estimate of drug-likeness (QED) is 0.400. The Kier molecular flexibility index (Phi) is 3.09. The van der Waals surface area contributed by atoms with E-state index in [0.717, 1.165) is 6.42 Å². The van der Waals surface area contributed by atoms with Crippen molar-refractivity contribution in [2.75, 3.05) is 0 Å². The fourth-order valence-electron chi connectivity index (χ4n) is 1.52. The molecule has 0 aliphatic carbocycles. The molecular weight excluding hydrogens is 139 g/mol. The zero-order valence-corrected chi connectivity index (χ0v) is 7.67. The third-order valence-corrected chi connectivity index (χ3v) is 2.15. The third-order valence-electron chi connectivity index (χ3n) is 2.15. The van der Waals surface area contributed by atoms with Crippen molar-refractivity contribution in [3.05, 3.63) is 42.0 Å². The molecule has 0 aromatic heterocycles. The number of hydrogen-bond donors (Lipinski definition) is 0. The van der Waals surface area contributed by atoms with Gasteiger partial charge in [-0.2, -0.15) is 6.07 Å². The number of hydrogen-bond acceptors (Lipinski definition) is 0. The molecule has 0 heterocycles. The van der Waals surface area contributed by atoms with Gasteiger partial charge in [0.05, 0.1) is 0 Å². The molecule has 0 N–H and O–H groups in total. The molecule has 2 aromatic carbocycles. The summed E-state index contributed by atoms with van der Waals surface area (Å²) in [6.07, 6.45) is 1.13. The zero-order valence-electron chi connectivity index (χ0n) is 7.67. The second-order valence-electron chi connectivity index (χ2n) is 2.80. The van der Waals surface area contributed by atoms with Gasteiger partial charge in [-0.1, -0.05) is 19.4 Å². The average molecular weight is 150 g/mol. The normalized spacial score (nSPS) is 9.75. The molecule has 0 spiro atoms. The second kappa shape index (κ2) is 3.89. The van der Waals surface area contributed by atoms with Crippen LogP contribution in [0.5, 0.6) is 0 Å². The van der Waals surface area contributed by atoms with Crippen LogP contribution in [-0.4, -0.2) is 0 Å². The minimum absolute atomic E-state index is 0. The summed E-state index contributed by atoms with van der Waals surface area (Å²) in [5.74, 6) is 0. The van der Waals surface area contributed by atoms with Gasteiger partial charge in [-0.3, -0.25) is 0 Å². The number of rotatable bonds is 1. The van der Waals surface area contributed by atoms with E-state index in [9.17, 15) is 0 Å². The van der Waals surface area contributed by atoms with Crippen molar-refractivity contribution in [2.24, 2.45) is 0 Å². The van der Waals surface area contributed by atoms with Gasteiger partial charge in [0.2, 0.25) is 0 Å². The number of benzene rings is 1. The van der Waals surface area contributed by atoms with E-state index in [1.54, 1.807) is 0 Å². The second-order valence-corrected chi connectivity index (χ2v) is 2.80. The summed E-state index contributed by atoms with van der Waals surface area (Å²) in [7, 11) is 0. The molecule has 0 nitrogen and oxygen atoms in total. The van der Waals surface area contributed by atoms with Crippen LogP contribution in [0.3, 0.4) is 0 Å². The molecule has 2 rings (SSSR count). The molecule has 0 atom stereocenters. The first-order chi connectivity index (χ1) is 5.42. The van der Waals surface area contributed by atoms with Gasteiger partial charge in [-0.25, -0.2) is 0 Å². The number of aryl methyl sites for hydroxylation is 1. The van der Waals surface area contributed by atoms with Crippen LogP contribution in [0.2, 0.25) is 0 Å². The Labute approximate surface area is 85.1 Å². The van der Waals surface area contributed by atoms with Crippen molar-refractivity contribution in [3.63, 3.8) is 0 Å². The molecule has 0 amide bonds. The van der Waals surface area contributed by atoms with Gasteiger partial charge in [-0.15, -0.1) is 40.6 Å². The van der Waals surface area contributed by atoms with E-state index in [0.29, 0.717) is 0 Å². The van der Waals surface area contributed by atoms with Crippen molar-refractivity contribution >= 4 is 10.8 Å². The molecule has 2 aromatic rings. The Hall–Kier alpha value is -0.573. The van der Waals surface area contributed by atoms with Gasteiger partial charge >= 0.3 is 18.9 Å². The largest absolute Gasteiger partial charge is 1.00 e. The van der Waals surface area contributed by atoms with Crippen LogP contribution in [0.4, 0.5) is 0 Å². The Morgan fingerprint density at radius 3 is 2.67 bits per heavy atom. The maximum atomic E-state index is 2.21. The Bertz CT molecular complexity index is 360. The molecule has 56 valence electrons. The monoisotopic (exact) mass is 150 g/mol. The van der Waals surface area contributed by atoms with Gasteiger partial charge in [0, 0.05) is 0 Å². The zero-order chi connectivity index (χ0) is 7.68. The van der Waals surface area contributed by atoms with Gasteiger partial charge in [0.1, 0.15) is 0 Å². The molecule has 0 saturated carbocycles. The van der Waals surface area contributed by atoms with E-state index in [1.165, 1.54) is 16.3 Å². The van der Waals surface area contributed by atoms with Crippen LogP contribution in [0.15, 0.2) is 36.4 Å². The molecule has 0 saturated heterocycles. The summed E-state index contributed by atoms with van der Waals surface area (Å²) < 4.78 is 0. The summed E-state index contributed by atoms with van der Waals surface area (Å²) in [5, 5.41) is 2.78. The molecule has 0 aliphatic heterocycles. The predicted octanol–water partition coefficient (Wildman–Crippen LogP) is 0.125. The first-order valence-corrected chi connectivity index (χ1v) is 4.05. The van der Waals surface area contributed by atoms with Crippen molar-refractivity contribution in [1.29, 1.82) is 0 Å². The fourth-order valence-corrected chi connectivity index (χ4v) is 1.52. The van der Waals surface area contributed by atoms with Crippen LogP contribution in [-0.2, 0) is 6.42 Å². The Balaban J connectivity index is 0.000000720. The SMILES string of the molecule is CC[c-]1ccc2ccccc21.[Li+]. The van der Waals surface area contributed by atoms with E-state index in [2.05, 4.69) is 43.3 Å². The van der Waals surface area contributed by atoms with E-state index >= 15 is 0 Å². The molecule has 0 aliphatic rings. The minimum Gasteiger partial charge on any atom is -0.168 e. The average Bonchev–Trinajstić information content (AvgIpc) is 2.47. The fraction of sp³-hybridized carbons (Fsp3) is 0.182. The Morgan fingerprint density at radius 1 is 1.17 bits per heavy atom. The summed E-state index contributed by atoms with van der Waals surface area (Å²) >= 11 is 0. The molecule has 0 radical (unpaired) electrons. The maximum Gasteiger partial charge on any atom is 1.00 e. The summed E-state index contributed by atoms with van der Waals surface area (Å²) in [5.41, 5.74) is 1.46. The molecule has 0 fully saturated rings.